The van der Waals surface area contributed by atoms with Crippen LogP contribution in [0.15, 0.2) is 18.2 Å². The number of fused-ring (bicyclic) bond motifs is 1. The van der Waals surface area contributed by atoms with Crippen molar-refractivity contribution in [3.63, 3.8) is 0 Å². The van der Waals surface area contributed by atoms with Crippen molar-refractivity contribution < 1.29 is 23.8 Å². The van der Waals surface area contributed by atoms with Crippen molar-refractivity contribution in [2.24, 2.45) is 0 Å². The second-order valence-corrected chi connectivity index (χ2v) is 3.73. The van der Waals surface area contributed by atoms with Crippen molar-refractivity contribution in [1.29, 1.82) is 0 Å². The average molecular weight is 250 g/mol. The lowest BCUT2D eigenvalue weighted by molar-refractivity contribution is -0.137. The van der Waals surface area contributed by atoms with Gasteiger partial charge in [0.2, 0.25) is 0 Å². The van der Waals surface area contributed by atoms with Crippen LogP contribution in [0.3, 0.4) is 0 Å². The predicted molar refractivity (Wildman–Crippen MR) is 63.0 cm³/mol. The molecular formula is C13H14O5. The SMILES string of the molecule is CCOC(=O)C(=O)c1cccc2c1OCCCO2. The molecule has 5 nitrogen and oxygen atoms in total. The molecule has 1 aromatic rings. The first kappa shape index (κ1) is 12.4. The number of esters is 1. The Morgan fingerprint density at radius 1 is 1.28 bits per heavy atom. The number of para-hydroxylation sites is 1. The van der Waals surface area contributed by atoms with Crippen molar-refractivity contribution in [3.05, 3.63) is 23.8 Å². The molecule has 2 rings (SSSR count). The van der Waals surface area contributed by atoms with Crippen molar-refractivity contribution in [3.8, 4) is 11.5 Å². The van der Waals surface area contributed by atoms with Crippen molar-refractivity contribution in [2.75, 3.05) is 19.8 Å². The summed E-state index contributed by atoms with van der Waals surface area (Å²) in [5.41, 5.74) is 0.188. The standard InChI is InChI=1S/C13H14O5/c1-2-16-13(15)11(14)9-5-3-6-10-12(9)18-8-4-7-17-10/h3,5-6H,2,4,7-8H2,1H3. The third-order valence-corrected chi connectivity index (χ3v) is 2.48. The molecular weight excluding hydrogens is 236 g/mol. The number of hydrogen-bond acceptors (Lipinski definition) is 5. The van der Waals surface area contributed by atoms with E-state index >= 15 is 0 Å². The highest BCUT2D eigenvalue weighted by Gasteiger charge is 2.25. The summed E-state index contributed by atoms with van der Waals surface area (Å²) in [6, 6.07) is 4.90. The molecule has 0 radical (unpaired) electrons. The highest BCUT2D eigenvalue weighted by Crippen LogP contribution is 2.33. The molecule has 18 heavy (non-hydrogen) atoms. The molecule has 96 valence electrons. The summed E-state index contributed by atoms with van der Waals surface area (Å²) in [4.78, 5) is 23.4. The first-order chi connectivity index (χ1) is 8.74. The van der Waals surface area contributed by atoms with Crippen LogP contribution in [0.5, 0.6) is 11.5 Å². The van der Waals surface area contributed by atoms with Crippen molar-refractivity contribution >= 4 is 11.8 Å². The van der Waals surface area contributed by atoms with Gasteiger partial charge in [-0.2, -0.15) is 0 Å². The summed E-state index contributed by atoms with van der Waals surface area (Å²) in [5.74, 6) is -0.770. The maximum absolute atomic E-state index is 11.9. The van der Waals surface area contributed by atoms with Crippen LogP contribution in [0.2, 0.25) is 0 Å². The van der Waals surface area contributed by atoms with Gasteiger partial charge in [-0.1, -0.05) is 6.07 Å². The van der Waals surface area contributed by atoms with Crippen LogP contribution in [0, 0.1) is 0 Å². The summed E-state index contributed by atoms with van der Waals surface area (Å²) in [6.07, 6.45) is 0.738. The molecule has 1 heterocycles. The fourth-order valence-corrected chi connectivity index (χ4v) is 1.68. The summed E-state index contributed by atoms with van der Waals surface area (Å²) < 4.78 is 15.6. The summed E-state index contributed by atoms with van der Waals surface area (Å²) in [6.45, 7) is 2.80. The van der Waals surface area contributed by atoms with Gasteiger partial charge >= 0.3 is 5.97 Å². The molecule has 0 aromatic heterocycles. The summed E-state index contributed by atoms with van der Waals surface area (Å²) >= 11 is 0. The van der Waals surface area contributed by atoms with Gasteiger partial charge in [-0.05, 0) is 19.1 Å². The number of carbonyl (C=O) groups excluding carboxylic acids is 2. The second-order valence-electron chi connectivity index (χ2n) is 3.73. The lowest BCUT2D eigenvalue weighted by atomic mass is 10.1. The number of ketones is 1. The number of hydrogen-bond donors (Lipinski definition) is 0. The van der Waals surface area contributed by atoms with Crippen LogP contribution in [-0.2, 0) is 9.53 Å². The summed E-state index contributed by atoms with van der Waals surface area (Å²) in [5, 5.41) is 0. The Balaban J connectivity index is 2.33. The molecule has 1 aliphatic rings. The molecule has 0 aliphatic carbocycles. The van der Waals surface area contributed by atoms with Crippen LogP contribution >= 0.6 is 0 Å². The Morgan fingerprint density at radius 2 is 2.06 bits per heavy atom. The monoisotopic (exact) mass is 250 g/mol. The van der Waals surface area contributed by atoms with Crippen LogP contribution < -0.4 is 9.47 Å². The highest BCUT2D eigenvalue weighted by molar-refractivity contribution is 6.41. The van der Waals surface area contributed by atoms with E-state index < -0.39 is 11.8 Å². The Hall–Kier alpha value is -2.04. The van der Waals surface area contributed by atoms with Crippen molar-refractivity contribution in [1.82, 2.24) is 0 Å². The topological polar surface area (TPSA) is 61.8 Å². The van der Waals surface area contributed by atoms with E-state index in [2.05, 4.69) is 0 Å². The maximum atomic E-state index is 11.9. The molecule has 0 saturated heterocycles. The van der Waals surface area contributed by atoms with Crippen LogP contribution in [0.25, 0.3) is 0 Å². The zero-order chi connectivity index (χ0) is 13.0. The first-order valence-corrected chi connectivity index (χ1v) is 5.84. The smallest absolute Gasteiger partial charge is 0.379 e. The molecule has 1 aliphatic heterocycles. The molecule has 0 unspecified atom stereocenters. The molecule has 0 saturated carbocycles. The van der Waals surface area contributed by atoms with Gasteiger partial charge in [-0.15, -0.1) is 0 Å². The van der Waals surface area contributed by atoms with Gasteiger partial charge in [0.05, 0.1) is 25.4 Å². The summed E-state index contributed by atoms with van der Waals surface area (Å²) in [7, 11) is 0. The normalized spacial score (nSPS) is 13.6. The van der Waals surface area contributed by atoms with E-state index in [1.165, 1.54) is 6.07 Å². The lowest BCUT2D eigenvalue weighted by Gasteiger charge is -2.10. The third-order valence-electron chi connectivity index (χ3n) is 2.48. The molecule has 0 fully saturated rings. The minimum atomic E-state index is -0.876. The van der Waals surface area contributed by atoms with Gasteiger partial charge in [0.25, 0.3) is 5.78 Å². The number of carbonyl (C=O) groups is 2. The van der Waals surface area contributed by atoms with E-state index in [9.17, 15) is 9.59 Å². The zero-order valence-electron chi connectivity index (χ0n) is 10.1. The van der Waals surface area contributed by atoms with Crippen LogP contribution in [0.1, 0.15) is 23.7 Å². The van der Waals surface area contributed by atoms with E-state index in [0.717, 1.165) is 6.42 Å². The Morgan fingerprint density at radius 3 is 2.83 bits per heavy atom. The van der Waals surface area contributed by atoms with E-state index in [4.69, 9.17) is 14.2 Å². The highest BCUT2D eigenvalue weighted by atomic mass is 16.5. The van der Waals surface area contributed by atoms with Crippen molar-refractivity contribution in [2.45, 2.75) is 13.3 Å². The zero-order valence-corrected chi connectivity index (χ0v) is 10.1. The Bertz CT molecular complexity index is 466. The largest absolute Gasteiger partial charge is 0.490 e. The fourth-order valence-electron chi connectivity index (χ4n) is 1.68. The van der Waals surface area contributed by atoms with Crippen LogP contribution in [0.4, 0.5) is 0 Å². The third kappa shape index (κ3) is 2.45. The molecule has 5 heteroatoms. The number of rotatable bonds is 3. The quantitative estimate of drug-likeness (QED) is 0.463. The lowest BCUT2D eigenvalue weighted by Crippen LogP contribution is -2.18. The van der Waals surface area contributed by atoms with E-state index in [1.807, 2.05) is 0 Å². The van der Waals surface area contributed by atoms with Gasteiger partial charge in [0.15, 0.2) is 11.5 Å². The predicted octanol–water partition coefficient (Wildman–Crippen LogP) is 1.59. The van der Waals surface area contributed by atoms with Gasteiger partial charge in [0.1, 0.15) is 0 Å². The number of Topliss-reactive ketones (excluding diaryl/α,β-unsaturated/α-hetero) is 1. The van der Waals surface area contributed by atoms with Gasteiger partial charge in [0, 0.05) is 6.42 Å². The minimum absolute atomic E-state index is 0.164. The minimum Gasteiger partial charge on any atom is -0.490 e. The van der Waals surface area contributed by atoms with Gasteiger partial charge < -0.3 is 14.2 Å². The fraction of sp³-hybridized carbons (Fsp3) is 0.385. The molecule has 0 spiro atoms. The number of ether oxygens (including phenoxy) is 3. The average Bonchev–Trinajstić information content (AvgIpc) is 2.62. The molecule has 0 N–H and O–H groups in total. The van der Waals surface area contributed by atoms with Gasteiger partial charge in [-0.3, -0.25) is 4.79 Å². The number of benzene rings is 1. The second kappa shape index (κ2) is 5.53. The van der Waals surface area contributed by atoms with Crippen LogP contribution in [-0.4, -0.2) is 31.6 Å². The maximum Gasteiger partial charge on any atom is 0.379 e. The Kier molecular flexibility index (Phi) is 3.82. The first-order valence-electron chi connectivity index (χ1n) is 5.84. The molecule has 0 bridgehead atoms. The van der Waals surface area contributed by atoms with E-state index in [-0.39, 0.29) is 12.2 Å². The van der Waals surface area contributed by atoms with E-state index in [1.54, 1.807) is 19.1 Å². The molecule has 0 amide bonds. The molecule has 1 aromatic carbocycles. The van der Waals surface area contributed by atoms with Gasteiger partial charge in [-0.25, -0.2) is 4.79 Å². The van der Waals surface area contributed by atoms with E-state index in [0.29, 0.717) is 24.7 Å². The Labute approximate surface area is 105 Å². The molecule has 0 atom stereocenters.